The van der Waals surface area contributed by atoms with Gasteiger partial charge in [-0.25, -0.2) is 9.78 Å². The smallest absolute Gasteiger partial charge is 0.361 e. The van der Waals surface area contributed by atoms with Gasteiger partial charge in [0.05, 0.1) is 12.3 Å². The number of fused-ring (bicyclic) bond motifs is 1. The Morgan fingerprint density at radius 1 is 1.33 bits per heavy atom. The lowest BCUT2D eigenvalue weighted by atomic mass is 10.2. The highest BCUT2D eigenvalue weighted by Gasteiger charge is 2.23. The van der Waals surface area contributed by atoms with Crippen molar-refractivity contribution in [3.8, 4) is 0 Å². The van der Waals surface area contributed by atoms with Gasteiger partial charge in [0.2, 0.25) is 5.69 Å². The lowest BCUT2D eigenvalue weighted by Crippen LogP contribution is -2.07. The zero-order valence-corrected chi connectivity index (χ0v) is 15.0. The van der Waals surface area contributed by atoms with Crippen LogP contribution >= 0.6 is 15.9 Å². The molecule has 0 saturated carbocycles. The summed E-state index contributed by atoms with van der Waals surface area (Å²) in [6, 6.07) is 5.87. The highest BCUT2D eigenvalue weighted by atomic mass is 79.9. The molecule has 1 aromatic carbocycles. The number of aryl methyl sites for hydroxylation is 2. The zero-order chi connectivity index (χ0) is 17.3. The van der Waals surface area contributed by atoms with Gasteiger partial charge in [0.1, 0.15) is 17.0 Å². The molecule has 7 nitrogen and oxygen atoms in total. The molecule has 2 aromatic heterocycles. The molecule has 124 valence electrons. The van der Waals surface area contributed by atoms with Gasteiger partial charge in [-0.15, -0.1) is 0 Å². The Morgan fingerprint density at radius 2 is 2.12 bits per heavy atom. The number of nitrogens with zero attached hydrogens (tertiary/aromatic N) is 3. The van der Waals surface area contributed by atoms with Crippen molar-refractivity contribution >= 4 is 44.5 Å². The van der Waals surface area contributed by atoms with Crippen LogP contribution in [-0.2, 0) is 4.74 Å². The Bertz CT molecular complexity index is 923. The molecule has 0 amide bonds. The van der Waals surface area contributed by atoms with Gasteiger partial charge < -0.3 is 14.6 Å². The van der Waals surface area contributed by atoms with Crippen molar-refractivity contribution in [3.05, 3.63) is 39.8 Å². The number of hydrogen-bond acceptors (Lipinski definition) is 7. The minimum Gasteiger partial charge on any atom is -0.461 e. The van der Waals surface area contributed by atoms with Gasteiger partial charge in [0.15, 0.2) is 0 Å². The van der Waals surface area contributed by atoms with Crippen molar-refractivity contribution in [3.63, 3.8) is 0 Å². The summed E-state index contributed by atoms with van der Waals surface area (Å²) in [7, 11) is 0. The Labute approximate surface area is 146 Å². The Kier molecular flexibility index (Phi) is 4.48. The molecular formula is C16H15BrN4O3. The van der Waals surface area contributed by atoms with Gasteiger partial charge in [-0.1, -0.05) is 11.2 Å². The summed E-state index contributed by atoms with van der Waals surface area (Å²) in [5, 5.41) is 7.39. The predicted octanol–water partition coefficient (Wildman–Crippen LogP) is 3.92. The van der Waals surface area contributed by atoms with E-state index in [0.717, 1.165) is 15.7 Å². The molecule has 0 saturated heterocycles. The Hall–Kier alpha value is -2.48. The molecule has 0 bridgehead atoms. The molecule has 3 rings (SSSR count). The van der Waals surface area contributed by atoms with Gasteiger partial charge in [-0.2, -0.15) is 4.98 Å². The van der Waals surface area contributed by atoms with E-state index in [0.29, 0.717) is 17.0 Å². The van der Waals surface area contributed by atoms with E-state index < -0.39 is 5.97 Å². The summed E-state index contributed by atoms with van der Waals surface area (Å²) >= 11 is 3.51. The van der Waals surface area contributed by atoms with E-state index in [2.05, 4.69) is 36.4 Å². The maximum Gasteiger partial charge on any atom is 0.361 e. The fourth-order valence-electron chi connectivity index (χ4n) is 2.24. The van der Waals surface area contributed by atoms with Crippen LogP contribution in [0.2, 0.25) is 0 Å². The molecule has 2 heterocycles. The molecule has 0 aliphatic carbocycles. The number of benzene rings is 1. The first-order valence-corrected chi connectivity index (χ1v) is 8.13. The van der Waals surface area contributed by atoms with Crippen LogP contribution in [0.15, 0.2) is 27.2 Å². The average Bonchev–Trinajstić information content (AvgIpc) is 2.94. The normalized spacial score (nSPS) is 10.8. The Morgan fingerprint density at radius 3 is 2.83 bits per heavy atom. The minimum absolute atomic E-state index is 0.0533. The summed E-state index contributed by atoms with van der Waals surface area (Å²) in [6.07, 6.45) is 0. The van der Waals surface area contributed by atoms with Gasteiger partial charge in [0, 0.05) is 4.47 Å². The van der Waals surface area contributed by atoms with Crippen LogP contribution in [0.1, 0.15) is 28.8 Å². The molecule has 0 unspecified atom stereocenters. The molecule has 0 aliphatic heterocycles. The zero-order valence-electron chi connectivity index (χ0n) is 13.4. The van der Waals surface area contributed by atoms with Crippen molar-refractivity contribution in [1.82, 2.24) is 15.1 Å². The number of rotatable bonds is 4. The van der Waals surface area contributed by atoms with Crippen LogP contribution in [0.3, 0.4) is 0 Å². The third kappa shape index (κ3) is 3.09. The van der Waals surface area contributed by atoms with Crippen molar-refractivity contribution in [2.24, 2.45) is 0 Å². The standard InChI is InChI=1S/C16H15BrN4O3/c1-4-23-16(22)13-12-14(18-9(3)19-15(12)24-21-13)20-11-6-5-8(2)7-10(11)17/h5-7H,4H2,1-3H3,(H,18,19,20). The number of carbonyl (C=O) groups is 1. The number of halogens is 1. The van der Waals surface area contributed by atoms with Crippen LogP contribution in [0.4, 0.5) is 11.5 Å². The predicted molar refractivity (Wildman–Crippen MR) is 92.5 cm³/mol. The topological polar surface area (TPSA) is 90.1 Å². The summed E-state index contributed by atoms with van der Waals surface area (Å²) in [5.41, 5.74) is 2.21. The van der Waals surface area contributed by atoms with E-state index in [1.165, 1.54) is 0 Å². The van der Waals surface area contributed by atoms with Gasteiger partial charge in [-0.3, -0.25) is 0 Å². The fraction of sp³-hybridized carbons (Fsp3) is 0.250. The third-order valence-electron chi connectivity index (χ3n) is 3.29. The third-order valence-corrected chi connectivity index (χ3v) is 3.95. The number of esters is 1. The van der Waals surface area contributed by atoms with Crippen LogP contribution in [0.5, 0.6) is 0 Å². The second-order valence-corrected chi connectivity index (χ2v) is 6.01. The first-order valence-electron chi connectivity index (χ1n) is 7.34. The van der Waals surface area contributed by atoms with Crippen LogP contribution in [0.25, 0.3) is 11.1 Å². The summed E-state index contributed by atoms with van der Waals surface area (Å²) in [4.78, 5) is 20.6. The molecule has 0 aliphatic rings. The van der Waals surface area contributed by atoms with E-state index in [9.17, 15) is 4.79 Å². The van der Waals surface area contributed by atoms with Crippen LogP contribution < -0.4 is 5.32 Å². The number of hydrogen-bond donors (Lipinski definition) is 1. The molecule has 0 fully saturated rings. The van der Waals surface area contributed by atoms with Crippen molar-refractivity contribution in [2.45, 2.75) is 20.8 Å². The number of ether oxygens (including phenoxy) is 1. The maximum absolute atomic E-state index is 12.1. The first kappa shape index (κ1) is 16.4. The monoisotopic (exact) mass is 390 g/mol. The van der Waals surface area contributed by atoms with Crippen molar-refractivity contribution in [2.75, 3.05) is 11.9 Å². The van der Waals surface area contributed by atoms with Crippen molar-refractivity contribution < 1.29 is 14.1 Å². The molecule has 24 heavy (non-hydrogen) atoms. The van der Waals surface area contributed by atoms with E-state index >= 15 is 0 Å². The quantitative estimate of drug-likeness (QED) is 0.674. The molecule has 1 N–H and O–H groups in total. The number of anilines is 2. The molecule has 8 heteroatoms. The van der Waals surface area contributed by atoms with E-state index in [1.54, 1.807) is 13.8 Å². The molecule has 0 atom stereocenters. The average molecular weight is 391 g/mol. The first-order chi connectivity index (χ1) is 11.5. The lowest BCUT2D eigenvalue weighted by molar-refractivity contribution is 0.0517. The summed E-state index contributed by atoms with van der Waals surface area (Å²) in [6.45, 7) is 5.71. The van der Waals surface area contributed by atoms with Crippen LogP contribution in [0, 0.1) is 13.8 Å². The second kappa shape index (κ2) is 6.56. The van der Waals surface area contributed by atoms with Gasteiger partial charge in [-0.05, 0) is 54.4 Å². The molecular weight excluding hydrogens is 376 g/mol. The second-order valence-electron chi connectivity index (χ2n) is 5.16. The fourth-order valence-corrected chi connectivity index (χ4v) is 2.83. The number of nitrogens with one attached hydrogen (secondary N) is 1. The minimum atomic E-state index is -0.574. The SMILES string of the molecule is CCOC(=O)c1noc2nc(C)nc(Nc3ccc(C)cc3Br)c12. The largest absolute Gasteiger partial charge is 0.461 e. The number of carbonyl (C=O) groups excluding carboxylic acids is 1. The van der Waals surface area contributed by atoms with Gasteiger partial charge in [0.25, 0.3) is 5.71 Å². The Balaban J connectivity index is 2.12. The van der Waals surface area contributed by atoms with Crippen molar-refractivity contribution in [1.29, 1.82) is 0 Å². The van der Waals surface area contributed by atoms with E-state index in [1.807, 2.05) is 25.1 Å². The highest BCUT2D eigenvalue weighted by molar-refractivity contribution is 9.10. The molecule has 0 radical (unpaired) electrons. The van der Waals surface area contributed by atoms with Crippen LogP contribution in [-0.4, -0.2) is 27.7 Å². The highest BCUT2D eigenvalue weighted by Crippen LogP contribution is 2.31. The summed E-state index contributed by atoms with van der Waals surface area (Å²) in [5.74, 6) is 0.362. The molecule has 0 spiro atoms. The lowest BCUT2D eigenvalue weighted by Gasteiger charge is -2.10. The van der Waals surface area contributed by atoms with E-state index in [4.69, 9.17) is 9.26 Å². The maximum atomic E-state index is 12.1. The number of aromatic nitrogens is 3. The van der Waals surface area contributed by atoms with E-state index in [-0.39, 0.29) is 18.0 Å². The van der Waals surface area contributed by atoms with Gasteiger partial charge >= 0.3 is 5.97 Å². The summed E-state index contributed by atoms with van der Waals surface area (Å²) < 4.78 is 11.1. The molecule has 3 aromatic rings.